The average Bonchev–Trinajstić information content (AvgIpc) is 2.73. The fraction of sp³-hybridized carbons (Fsp3) is 0.900. The Morgan fingerprint density at radius 1 is 0.879 bits per heavy atom. The molecular formula is C30H48O3. The normalized spacial score (nSPS) is 55.3. The van der Waals surface area contributed by atoms with Crippen LogP contribution in [0.2, 0.25) is 0 Å². The molecule has 0 heterocycles. The second kappa shape index (κ2) is 6.89. The summed E-state index contributed by atoms with van der Waals surface area (Å²) in [6.45, 7) is 16.8. The van der Waals surface area contributed by atoms with Crippen LogP contribution >= 0.6 is 0 Å². The van der Waals surface area contributed by atoms with Gasteiger partial charge in [0, 0.05) is 0 Å². The van der Waals surface area contributed by atoms with Crippen molar-refractivity contribution in [2.45, 2.75) is 119 Å². The van der Waals surface area contributed by atoms with Gasteiger partial charge in [-0.25, -0.2) is 0 Å². The molecule has 2 N–H and O–H groups in total. The molecule has 3 nitrogen and oxygen atoms in total. The molecule has 3 heteroatoms. The molecule has 3 unspecified atom stereocenters. The van der Waals surface area contributed by atoms with E-state index in [4.69, 9.17) is 0 Å². The zero-order valence-corrected chi connectivity index (χ0v) is 22.3. The van der Waals surface area contributed by atoms with Crippen molar-refractivity contribution in [3.63, 3.8) is 0 Å². The molecule has 9 atom stereocenters. The molecule has 0 aromatic carbocycles. The van der Waals surface area contributed by atoms with Crippen LogP contribution in [0.1, 0.15) is 113 Å². The number of hydrogen-bond donors (Lipinski definition) is 2. The van der Waals surface area contributed by atoms with E-state index in [2.05, 4.69) is 47.6 Å². The molecule has 0 amide bonds. The first-order chi connectivity index (χ1) is 15.1. The fourth-order valence-corrected chi connectivity index (χ4v) is 10.5. The summed E-state index contributed by atoms with van der Waals surface area (Å²) in [7, 11) is 0. The Kier molecular flexibility index (Phi) is 4.99. The van der Waals surface area contributed by atoms with Crippen LogP contribution in [-0.4, -0.2) is 22.3 Å². The van der Waals surface area contributed by atoms with Crippen molar-refractivity contribution in [3.8, 4) is 0 Å². The number of hydrogen-bond acceptors (Lipinski definition) is 2. The van der Waals surface area contributed by atoms with E-state index >= 15 is 0 Å². The minimum atomic E-state index is -0.603. The largest absolute Gasteiger partial charge is 0.481 e. The molecule has 4 saturated carbocycles. The molecule has 5 aliphatic rings. The summed E-state index contributed by atoms with van der Waals surface area (Å²) < 4.78 is 0. The summed E-state index contributed by atoms with van der Waals surface area (Å²) in [5.74, 6) is 1.01. The molecule has 0 aliphatic heterocycles. The monoisotopic (exact) mass is 456 g/mol. The molecule has 0 aromatic heterocycles. The number of aliphatic hydroxyl groups excluding tert-OH is 1. The number of allylic oxidation sites excluding steroid dienone is 2. The van der Waals surface area contributed by atoms with Gasteiger partial charge in [0.1, 0.15) is 0 Å². The molecule has 0 saturated heterocycles. The van der Waals surface area contributed by atoms with Gasteiger partial charge in [0.2, 0.25) is 0 Å². The van der Waals surface area contributed by atoms with Crippen LogP contribution in [-0.2, 0) is 4.79 Å². The lowest BCUT2D eigenvalue weighted by molar-refractivity contribution is -0.203. The third kappa shape index (κ3) is 2.87. The van der Waals surface area contributed by atoms with Gasteiger partial charge < -0.3 is 10.2 Å². The number of carboxylic acid groups (broad SMARTS) is 1. The van der Waals surface area contributed by atoms with Crippen LogP contribution in [0.4, 0.5) is 0 Å². The topological polar surface area (TPSA) is 57.5 Å². The minimum absolute atomic E-state index is 0.0168. The van der Waals surface area contributed by atoms with Crippen LogP contribution in [0.15, 0.2) is 11.6 Å². The van der Waals surface area contributed by atoms with Crippen LogP contribution in [0.25, 0.3) is 0 Å². The Hall–Kier alpha value is -0.830. The Labute approximate surface area is 201 Å². The fourth-order valence-electron chi connectivity index (χ4n) is 10.5. The minimum Gasteiger partial charge on any atom is -0.481 e. The zero-order valence-electron chi connectivity index (χ0n) is 22.3. The molecular weight excluding hydrogens is 408 g/mol. The van der Waals surface area contributed by atoms with E-state index in [1.54, 1.807) is 5.57 Å². The summed E-state index contributed by atoms with van der Waals surface area (Å²) in [6, 6.07) is 0. The van der Waals surface area contributed by atoms with Crippen LogP contribution < -0.4 is 0 Å². The Bertz CT molecular complexity index is 889. The number of aliphatic hydroxyl groups is 1. The Morgan fingerprint density at radius 3 is 2.21 bits per heavy atom. The van der Waals surface area contributed by atoms with Gasteiger partial charge in [-0.2, -0.15) is 0 Å². The van der Waals surface area contributed by atoms with Crippen LogP contribution in [0.3, 0.4) is 0 Å². The summed E-state index contributed by atoms with van der Waals surface area (Å²) in [6.07, 6.45) is 13.2. The molecule has 0 aromatic rings. The quantitative estimate of drug-likeness (QED) is 0.409. The first kappa shape index (κ1) is 23.9. The average molecular weight is 457 g/mol. The molecule has 5 aliphatic carbocycles. The SMILES string of the molecule is CC12CC[C@](C)(C(=O)O)C[C@H]1C1=CCC3[C@@]4(C)CC[C@H](O)C(C)(C)C4CC[C@@]3(C)[C@]1(C)CC2. The highest BCUT2D eigenvalue weighted by Crippen LogP contribution is 2.75. The molecule has 0 spiro atoms. The molecule has 186 valence electrons. The van der Waals surface area contributed by atoms with E-state index in [1.807, 2.05) is 6.92 Å². The van der Waals surface area contributed by atoms with Crippen molar-refractivity contribution in [2.24, 2.45) is 50.2 Å². The number of carboxylic acids is 1. The summed E-state index contributed by atoms with van der Waals surface area (Å²) >= 11 is 0. The first-order valence-electron chi connectivity index (χ1n) is 13.8. The number of carbonyl (C=O) groups is 1. The van der Waals surface area contributed by atoms with E-state index < -0.39 is 11.4 Å². The molecule has 4 fully saturated rings. The van der Waals surface area contributed by atoms with Gasteiger partial charge in [0.15, 0.2) is 0 Å². The Balaban J connectivity index is 1.57. The zero-order chi connectivity index (χ0) is 24.2. The lowest BCUT2D eigenvalue weighted by Crippen LogP contribution is -2.64. The summed E-state index contributed by atoms with van der Waals surface area (Å²) in [4.78, 5) is 12.2. The van der Waals surface area contributed by atoms with Gasteiger partial charge in [0.25, 0.3) is 0 Å². The van der Waals surface area contributed by atoms with Crippen molar-refractivity contribution < 1.29 is 15.0 Å². The Morgan fingerprint density at radius 2 is 1.55 bits per heavy atom. The third-order valence-corrected chi connectivity index (χ3v) is 13.3. The van der Waals surface area contributed by atoms with Crippen LogP contribution in [0.5, 0.6) is 0 Å². The number of rotatable bonds is 1. The standard InChI is InChI=1S/C30H48O3/c1-25(2)21-10-13-30(7)22(28(21,5)12-11-23(25)31)9-8-19-20-18-27(4,24(32)33)15-14-26(20,3)16-17-29(19,30)6/h8,20-23,31H,9-18H2,1-7H3,(H,32,33)/t20-,21?,22?,23-,26?,27-,28-,29+,30+/m0/s1. The highest BCUT2D eigenvalue weighted by atomic mass is 16.4. The van der Waals surface area contributed by atoms with E-state index in [0.717, 1.165) is 38.5 Å². The van der Waals surface area contributed by atoms with Gasteiger partial charge in [-0.1, -0.05) is 53.2 Å². The van der Waals surface area contributed by atoms with Crippen molar-refractivity contribution >= 4 is 5.97 Å². The summed E-state index contributed by atoms with van der Waals surface area (Å²) in [5.41, 5.74) is 1.94. The molecule has 33 heavy (non-hydrogen) atoms. The van der Waals surface area contributed by atoms with Crippen molar-refractivity contribution in [1.82, 2.24) is 0 Å². The van der Waals surface area contributed by atoms with E-state index in [9.17, 15) is 15.0 Å². The van der Waals surface area contributed by atoms with Crippen molar-refractivity contribution in [3.05, 3.63) is 11.6 Å². The lowest BCUT2D eigenvalue weighted by atomic mass is 9.33. The lowest BCUT2D eigenvalue weighted by Gasteiger charge is -2.71. The van der Waals surface area contributed by atoms with E-state index in [0.29, 0.717) is 17.8 Å². The van der Waals surface area contributed by atoms with Gasteiger partial charge >= 0.3 is 5.97 Å². The third-order valence-electron chi connectivity index (χ3n) is 13.3. The number of aliphatic carboxylic acids is 1. The summed E-state index contributed by atoms with van der Waals surface area (Å²) in [5, 5.41) is 20.9. The van der Waals surface area contributed by atoms with Gasteiger partial charge in [-0.3, -0.25) is 4.79 Å². The second-order valence-corrected chi connectivity index (χ2v) is 14.9. The highest BCUT2D eigenvalue weighted by molar-refractivity contribution is 5.74. The smallest absolute Gasteiger partial charge is 0.309 e. The maximum absolute atomic E-state index is 12.2. The van der Waals surface area contributed by atoms with Crippen molar-refractivity contribution in [2.75, 3.05) is 0 Å². The maximum Gasteiger partial charge on any atom is 0.309 e. The van der Waals surface area contributed by atoms with Gasteiger partial charge in [-0.05, 0) is 116 Å². The predicted octanol–water partition coefficient (Wildman–Crippen LogP) is 7.23. The highest BCUT2D eigenvalue weighted by Gasteiger charge is 2.68. The van der Waals surface area contributed by atoms with Crippen molar-refractivity contribution in [1.29, 1.82) is 0 Å². The maximum atomic E-state index is 12.2. The molecule has 0 bridgehead atoms. The molecule has 5 rings (SSSR count). The number of fused-ring (bicyclic) bond motifs is 7. The predicted molar refractivity (Wildman–Crippen MR) is 133 cm³/mol. The first-order valence-corrected chi connectivity index (χ1v) is 13.8. The second-order valence-electron chi connectivity index (χ2n) is 14.9. The molecule has 0 radical (unpaired) electrons. The van der Waals surface area contributed by atoms with Gasteiger partial charge in [-0.15, -0.1) is 0 Å². The van der Waals surface area contributed by atoms with E-state index in [1.165, 1.54) is 25.7 Å². The van der Waals surface area contributed by atoms with E-state index in [-0.39, 0.29) is 33.2 Å². The van der Waals surface area contributed by atoms with Crippen LogP contribution in [0, 0.1) is 50.2 Å². The van der Waals surface area contributed by atoms with Gasteiger partial charge in [0.05, 0.1) is 11.5 Å².